The molecule has 0 fully saturated rings. The van der Waals surface area contributed by atoms with Crippen molar-refractivity contribution in [1.82, 2.24) is 9.97 Å². The van der Waals surface area contributed by atoms with Gasteiger partial charge < -0.3 is 19.8 Å². The number of aromatic nitrogens is 2. The minimum Gasteiger partial charge on any atom is -0.495 e. The summed E-state index contributed by atoms with van der Waals surface area (Å²) < 4.78 is 35.5. The smallest absolute Gasteiger partial charge is 0.202 e. The van der Waals surface area contributed by atoms with E-state index in [0.717, 1.165) is 11.1 Å². The highest BCUT2D eigenvalue weighted by Gasteiger charge is 2.14. The maximum Gasteiger partial charge on any atom is 0.202 e. The summed E-state index contributed by atoms with van der Waals surface area (Å²) in [7, 11) is -2.44. The van der Waals surface area contributed by atoms with Crippen LogP contribution >= 0.6 is 0 Å². The van der Waals surface area contributed by atoms with E-state index in [1.807, 2.05) is 38.1 Å². The second-order valence-electron chi connectivity index (χ2n) is 7.02. The Labute approximate surface area is 181 Å². The largest absolute Gasteiger partial charge is 0.495 e. The van der Waals surface area contributed by atoms with Gasteiger partial charge in [0.2, 0.25) is 10.0 Å². The number of hydrogen-bond donors (Lipinski definition) is 1. The lowest BCUT2D eigenvalue weighted by Crippen LogP contribution is -2.04. The number of fused-ring (bicyclic) bond motifs is 1. The van der Waals surface area contributed by atoms with Gasteiger partial charge in [0.1, 0.15) is 11.6 Å². The summed E-state index contributed by atoms with van der Waals surface area (Å²) in [5, 5.41) is 3.12. The molecular weight excluding hydrogens is 412 g/mol. The third kappa shape index (κ3) is 4.29. The topological polar surface area (TPSA) is 95.3 Å². The molecule has 8 heteroatoms. The normalized spacial score (nSPS) is 11.3. The first kappa shape index (κ1) is 20.6. The fraction of sp³-hybridized carbons (Fsp3) is 0.130. The monoisotopic (exact) mass is 433 g/mol. The standard InChI is InChI=1S/C23H21N4O3S/c1-15-12-13-17(14-16(15)2)31(28,29)27-23-22(24-18-8-4-5-9-19(18)25-23)26-20-10-6-7-11-21(20)30-3/h4-14H,1-3H3,(H-,24,25,26,27)/q-1. The first-order chi connectivity index (χ1) is 14.9. The van der Waals surface area contributed by atoms with E-state index in [0.29, 0.717) is 22.5 Å². The fourth-order valence-corrected chi connectivity index (χ4v) is 4.08. The van der Waals surface area contributed by atoms with Crippen LogP contribution in [0.1, 0.15) is 11.1 Å². The summed E-state index contributed by atoms with van der Waals surface area (Å²) in [4.78, 5) is 9.14. The molecule has 31 heavy (non-hydrogen) atoms. The van der Waals surface area contributed by atoms with Gasteiger partial charge in [0.15, 0.2) is 0 Å². The molecule has 0 spiro atoms. The third-order valence-corrected chi connectivity index (χ3v) is 6.16. The molecule has 4 aromatic rings. The Kier molecular flexibility index (Phi) is 5.48. The zero-order chi connectivity index (χ0) is 22.0. The number of para-hydroxylation sites is 4. The number of aryl methyl sites for hydroxylation is 2. The Balaban J connectivity index is 1.80. The van der Waals surface area contributed by atoms with Gasteiger partial charge in [-0.05, 0) is 66.6 Å². The lowest BCUT2D eigenvalue weighted by atomic mass is 10.1. The Bertz CT molecular complexity index is 1370. The van der Waals surface area contributed by atoms with Gasteiger partial charge in [-0.1, -0.05) is 36.4 Å². The lowest BCUT2D eigenvalue weighted by Gasteiger charge is -2.22. The maximum atomic E-state index is 13.0. The van der Waals surface area contributed by atoms with Gasteiger partial charge in [-0.2, -0.15) is 0 Å². The molecule has 4 rings (SSSR count). The molecule has 0 saturated heterocycles. The molecule has 0 aliphatic heterocycles. The van der Waals surface area contributed by atoms with Crippen LogP contribution in [0.25, 0.3) is 15.8 Å². The Hall–Kier alpha value is -3.65. The average Bonchev–Trinajstić information content (AvgIpc) is 2.76. The molecule has 1 heterocycles. The SMILES string of the molecule is COc1ccccc1Nc1nc2ccccc2nc1[N-]S(=O)(=O)c1ccc(C)c(C)c1. The Morgan fingerprint density at radius 2 is 1.55 bits per heavy atom. The maximum absolute atomic E-state index is 13.0. The molecule has 0 unspecified atom stereocenters. The zero-order valence-corrected chi connectivity index (χ0v) is 18.1. The number of benzene rings is 3. The molecule has 7 nitrogen and oxygen atoms in total. The van der Waals surface area contributed by atoms with Gasteiger partial charge in [0.25, 0.3) is 0 Å². The van der Waals surface area contributed by atoms with Crippen LogP contribution in [0.15, 0.2) is 71.6 Å². The lowest BCUT2D eigenvalue weighted by molar-refractivity contribution is 0.417. The molecule has 0 aliphatic carbocycles. The molecule has 0 saturated carbocycles. The van der Waals surface area contributed by atoms with Crippen LogP contribution in [0, 0.1) is 13.8 Å². The molecule has 0 radical (unpaired) electrons. The Morgan fingerprint density at radius 3 is 2.26 bits per heavy atom. The van der Waals surface area contributed by atoms with E-state index < -0.39 is 10.0 Å². The molecule has 0 bridgehead atoms. The van der Waals surface area contributed by atoms with Crippen molar-refractivity contribution in [2.24, 2.45) is 0 Å². The van der Waals surface area contributed by atoms with Crippen LogP contribution in [0.3, 0.4) is 0 Å². The quantitative estimate of drug-likeness (QED) is 0.438. The number of anilines is 2. The second-order valence-corrected chi connectivity index (χ2v) is 8.63. The van der Waals surface area contributed by atoms with Gasteiger partial charge in [0, 0.05) is 0 Å². The molecular formula is C23H21N4O3S-. The summed E-state index contributed by atoms with van der Waals surface area (Å²) in [6.07, 6.45) is 0. The minimum atomic E-state index is -4.00. The van der Waals surface area contributed by atoms with Gasteiger partial charge in [-0.25, -0.2) is 13.4 Å². The number of nitrogens with one attached hydrogen (secondary N) is 1. The molecule has 1 aromatic heterocycles. The van der Waals surface area contributed by atoms with Crippen LogP contribution in [-0.4, -0.2) is 25.5 Å². The molecule has 3 aromatic carbocycles. The highest BCUT2D eigenvalue weighted by atomic mass is 32.2. The van der Waals surface area contributed by atoms with Crippen molar-refractivity contribution in [2.75, 3.05) is 12.4 Å². The van der Waals surface area contributed by atoms with Gasteiger partial charge >= 0.3 is 0 Å². The first-order valence-corrected chi connectivity index (χ1v) is 11.0. The molecule has 0 aliphatic rings. The van der Waals surface area contributed by atoms with Crippen LogP contribution < -0.4 is 10.1 Å². The van der Waals surface area contributed by atoms with E-state index in [4.69, 9.17) is 4.74 Å². The summed E-state index contributed by atoms with van der Waals surface area (Å²) in [6.45, 7) is 3.78. The second kappa shape index (κ2) is 8.23. The summed E-state index contributed by atoms with van der Waals surface area (Å²) in [6, 6.07) is 19.4. The minimum absolute atomic E-state index is 0.0252. The van der Waals surface area contributed by atoms with E-state index >= 15 is 0 Å². The number of ether oxygens (including phenoxy) is 1. The van der Waals surface area contributed by atoms with Crippen molar-refractivity contribution in [3.8, 4) is 5.75 Å². The third-order valence-electron chi connectivity index (χ3n) is 4.90. The number of rotatable bonds is 6. The summed E-state index contributed by atoms with van der Waals surface area (Å²) in [5.41, 5.74) is 3.65. The van der Waals surface area contributed by atoms with Gasteiger partial charge in [0.05, 0.1) is 23.2 Å². The molecule has 158 valence electrons. The molecule has 0 atom stereocenters. The predicted molar refractivity (Wildman–Crippen MR) is 122 cm³/mol. The van der Waals surface area contributed by atoms with Gasteiger partial charge in [-0.3, -0.25) is 0 Å². The van der Waals surface area contributed by atoms with Crippen molar-refractivity contribution in [2.45, 2.75) is 18.7 Å². The number of hydrogen-bond acceptors (Lipinski definition) is 6. The predicted octanol–water partition coefficient (Wildman–Crippen LogP) is 5.39. The van der Waals surface area contributed by atoms with E-state index in [1.54, 1.807) is 49.6 Å². The van der Waals surface area contributed by atoms with E-state index in [9.17, 15) is 8.42 Å². The summed E-state index contributed by atoms with van der Waals surface area (Å²) in [5.74, 6) is 0.777. The van der Waals surface area contributed by atoms with E-state index in [1.165, 1.54) is 0 Å². The van der Waals surface area contributed by atoms with Crippen molar-refractivity contribution < 1.29 is 13.2 Å². The fourth-order valence-electron chi connectivity index (χ4n) is 3.05. The van der Waals surface area contributed by atoms with Crippen LogP contribution in [0.5, 0.6) is 5.75 Å². The van der Waals surface area contributed by atoms with Crippen LogP contribution in [-0.2, 0) is 10.0 Å². The number of nitrogens with zero attached hydrogens (tertiary/aromatic N) is 3. The van der Waals surface area contributed by atoms with Crippen molar-refractivity contribution in [1.29, 1.82) is 0 Å². The van der Waals surface area contributed by atoms with Crippen molar-refractivity contribution in [3.63, 3.8) is 0 Å². The highest BCUT2D eigenvalue weighted by molar-refractivity contribution is 7.94. The zero-order valence-electron chi connectivity index (χ0n) is 17.3. The van der Waals surface area contributed by atoms with Crippen molar-refractivity contribution >= 4 is 38.4 Å². The van der Waals surface area contributed by atoms with E-state index in [-0.39, 0.29) is 16.5 Å². The van der Waals surface area contributed by atoms with E-state index in [2.05, 4.69) is 20.0 Å². The Morgan fingerprint density at radius 1 is 0.871 bits per heavy atom. The summed E-state index contributed by atoms with van der Waals surface area (Å²) >= 11 is 0. The van der Waals surface area contributed by atoms with Crippen LogP contribution in [0.4, 0.5) is 17.3 Å². The van der Waals surface area contributed by atoms with Gasteiger partial charge in [-0.15, -0.1) is 0 Å². The molecule has 1 N–H and O–H groups in total. The van der Waals surface area contributed by atoms with Crippen LogP contribution in [0.2, 0.25) is 0 Å². The highest BCUT2D eigenvalue weighted by Crippen LogP contribution is 2.36. The van der Waals surface area contributed by atoms with Crippen molar-refractivity contribution in [3.05, 3.63) is 82.6 Å². The average molecular weight is 434 g/mol. The number of sulfonamides is 1. The molecule has 0 amide bonds. The number of methoxy groups -OCH3 is 1. The first-order valence-electron chi connectivity index (χ1n) is 9.59.